The number of anilines is 1. The van der Waals surface area contributed by atoms with Crippen molar-refractivity contribution < 1.29 is 19.1 Å². The molecule has 0 saturated heterocycles. The van der Waals surface area contributed by atoms with Crippen LogP contribution < -0.4 is 10.1 Å². The highest BCUT2D eigenvalue weighted by Gasteiger charge is 2.11. The molecule has 0 aromatic heterocycles. The predicted octanol–water partition coefficient (Wildman–Crippen LogP) is 5.64. The molecule has 0 saturated carbocycles. The van der Waals surface area contributed by atoms with Gasteiger partial charge in [-0.25, -0.2) is 4.79 Å². The third-order valence-electron chi connectivity index (χ3n) is 4.56. The maximum absolute atomic E-state index is 12.5. The third kappa shape index (κ3) is 6.70. The highest BCUT2D eigenvalue weighted by molar-refractivity contribution is 6.31. The van der Waals surface area contributed by atoms with Gasteiger partial charge in [0.05, 0.1) is 12.2 Å². The summed E-state index contributed by atoms with van der Waals surface area (Å²) in [4.78, 5) is 24.2. The summed E-state index contributed by atoms with van der Waals surface area (Å²) in [6.07, 6.45) is 1.49. The van der Waals surface area contributed by atoms with Gasteiger partial charge >= 0.3 is 5.97 Å². The molecule has 0 radical (unpaired) electrons. The number of nitriles is 1. The van der Waals surface area contributed by atoms with E-state index in [9.17, 15) is 14.9 Å². The minimum absolute atomic E-state index is 0.0609. The second-order valence-corrected chi connectivity index (χ2v) is 7.28. The van der Waals surface area contributed by atoms with E-state index in [1.807, 2.05) is 24.3 Å². The van der Waals surface area contributed by atoms with Crippen LogP contribution in [0.3, 0.4) is 0 Å². The molecule has 1 amide bonds. The second kappa shape index (κ2) is 11.5. The molecule has 33 heavy (non-hydrogen) atoms. The number of carbonyl (C=O) groups excluding carboxylic acids is 2. The number of ether oxygens (including phenoxy) is 2. The standard InChI is InChI=1S/C26H21ClN2O4/c1-2-32-26(31)19-9-11-22(12-10-19)29-25(30)21(16-28)15-18-7-13-23(14-8-18)33-17-20-5-3-4-6-24(20)27/h3-15H,2,17H2,1H3,(H,29,30)/b21-15+. The molecule has 3 aromatic rings. The molecule has 0 aliphatic heterocycles. The Morgan fingerprint density at radius 1 is 1.03 bits per heavy atom. The number of rotatable bonds is 8. The molecule has 166 valence electrons. The number of hydrogen-bond donors (Lipinski definition) is 1. The van der Waals surface area contributed by atoms with Crippen molar-refractivity contribution in [2.45, 2.75) is 13.5 Å². The van der Waals surface area contributed by atoms with Crippen LogP contribution in [0.2, 0.25) is 5.02 Å². The van der Waals surface area contributed by atoms with Gasteiger partial charge in [-0.05, 0) is 61.0 Å². The van der Waals surface area contributed by atoms with Crippen LogP contribution in [0, 0.1) is 11.3 Å². The summed E-state index contributed by atoms with van der Waals surface area (Å²) in [5.41, 5.74) is 2.32. The lowest BCUT2D eigenvalue weighted by molar-refractivity contribution is -0.112. The van der Waals surface area contributed by atoms with E-state index in [2.05, 4.69) is 5.32 Å². The van der Waals surface area contributed by atoms with Gasteiger partial charge < -0.3 is 14.8 Å². The van der Waals surface area contributed by atoms with Crippen molar-refractivity contribution >= 4 is 35.2 Å². The van der Waals surface area contributed by atoms with Crippen LogP contribution in [0.4, 0.5) is 5.69 Å². The number of hydrogen-bond acceptors (Lipinski definition) is 5. The van der Waals surface area contributed by atoms with E-state index in [0.29, 0.717) is 34.2 Å². The number of nitrogens with one attached hydrogen (secondary N) is 1. The first-order valence-electron chi connectivity index (χ1n) is 10.2. The van der Waals surface area contributed by atoms with Crippen LogP contribution in [0.5, 0.6) is 5.75 Å². The fraction of sp³-hybridized carbons (Fsp3) is 0.115. The molecular formula is C26H21ClN2O4. The Hall–Kier alpha value is -4.08. The molecule has 7 heteroatoms. The average molecular weight is 461 g/mol. The molecule has 0 aliphatic carbocycles. The van der Waals surface area contributed by atoms with Gasteiger partial charge in [0.15, 0.2) is 0 Å². The highest BCUT2D eigenvalue weighted by Crippen LogP contribution is 2.20. The first-order valence-corrected chi connectivity index (χ1v) is 10.5. The fourth-order valence-electron chi connectivity index (χ4n) is 2.85. The molecule has 0 heterocycles. The summed E-state index contributed by atoms with van der Waals surface area (Å²) in [7, 11) is 0. The van der Waals surface area contributed by atoms with E-state index in [1.165, 1.54) is 6.08 Å². The summed E-state index contributed by atoms with van der Waals surface area (Å²) >= 11 is 6.13. The molecule has 0 spiro atoms. The number of amides is 1. The second-order valence-electron chi connectivity index (χ2n) is 6.87. The Kier molecular flexibility index (Phi) is 8.23. The van der Waals surface area contributed by atoms with Crippen LogP contribution in [-0.4, -0.2) is 18.5 Å². The van der Waals surface area contributed by atoms with Crippen molar-refractivity contribution in [1.29, 1.82) is 5.26 Å². The molecule has 0 bridgehead atoms. The van der Waals surface area contributed by atoms with Crippen molar-refractivity contribution in [3.8, 4) is 11.8 Å². The minimum Gasteiger partial charge on any atom is -0.489 e. The van der Waals surface area contributed by atoms with Crippen molar-refractivity contribution in [3.05, 3.63) is 100 Å². The number of halogens is 1. The lowest BCUT2D eigenvalue weighted by atomic mass is 10.1. The number of carbonyl (C=O) groups is 2. The van der Waals surface area contributed by atoms with Crippen LogP contribution in [0.25, 0.3) is 6.08 Å². The Morgan fingerprint density at radius 3 is 2.36 bits per heavy atom. The molecule has 3 aromatic carbocycles. The first-order chi connectivity index (χ1) is 16.0. The van der Waals surface area contributed by atoms with Gasteiger partial charge in [0.2, 0.25) is 0 Å². The maximum Gasteiger partial charge on any atom is 0.338 e. The molecule has 0 fully saturated rings. The summed E-state index contributed by atoms with van der Waals surface area (Å²) in [5.74, 6) is -0.357. The summed E-state index contributed by atoms with van der Waals surface area (Å²) < 4.78 is 10.7. The van der Waals surface area contributed by atoms with E-state index in [0.717, 1.165) is 5.56 Å². The Balaban J connectivity index is 1.62. The van der Waals surface area contributed by atoms with Crippen LogP contribution in [0.1, 0.15) is 28.4 Å². The Labute approximate surface area is 197 Å². The van der Waals surface area contributed by atoms with E-state index >= 15 is 0 Å². The van der Waals surface area contributed by atoms with Gasteiger partial charge in [0.25, 0.3) is 5.91 Å². The lowest BCUT2D eigenvalue weighted by Crippen LogP contribution is -2.13. The van der Waals surface area contributed by atoms with E-state index in [1.54, 1.807) is 61.5 Å². The smallest absolute Gasteiger partial charge is 0.338 e. The van der Waals surface area contributed by atoms with Gasteiger partial charge in [0.1, 0.15) is 24.0 Å². The molecule has 0 atom stereocenters. The zero-order valence-corrected chi connectivity index (χ0v) is 18.6. The van der Waals surface area contributed by atoms with Gasteiger partial charge in [-0.3, -0.25) is 4.79 Å². The van der Waals surface area contributed by atoms with E-state index in [-0.39, 0.29) is 12.2 Å². The zero-order chi connectivity index (χ0) is 23.6. The quantitative estimate of drug-likeness (QED) is 0.267. The minimum atomic E-state index is -0.555. The normalized spacial score (nSPS) is 10.8. The van der Waals surface area contributed by atoms with Crippen molar-refractivity contribution in [1.82, 2.24) is 0 Å². The number of nitrogens with zero attached hydrogens (tertiary/aromatic N) is 1. The highest BCUT2D eigenvalue weighted by atomic mass is 35.5. The molecule has 0 aliphatic rings. The van der Waals surface area contributed by atoms with Crippen molar-refractivity contribution in [3.63, 3.8) is 0 Å². The lowest BCUT2D eigenvalue weighted by Gasteiger charge is -2.08. The average Bonchev–Trinajstić information content (AvgIpc) is 2.83. The first kappa shape index (κ1) is 23.6. The van der Waals surface area contributed by atoms with Crippen molar-refractivity contribution in [2.75, 3.05) is 11.9 Å². The third-order valence-corrected chi connectivity index (χ3v) is 4.93. The predicted molar refractivity (Wildman–Crippen MR) is 127 cm³/mol. The topological polar surface area (TPSA) is 88.4 Å². The van der Waals surface area contributed by atoms with Crippen molar-refractivity contribution in [2.24, 2.45) is 0 Å². The summed E-state index contributed by atoms with van der Waals surface area (Å²) in [6.45, 7) is 2.33. The van der Waals surface area contributed by atoms with Gasteiger partial charge in [0, 0.05) is 16.3 Å². The Bertz CT molecular complexity index is 1200. The summed E-state index contributed by atoms with van der Waals surface area (Å²) in [6, 6.07) is 22.6. The van der Waals surface area contributed by atoms with Crippen LogP contribution in [0.15, 0.2) is 78.4 Å². The van der Waals surface area contributed by atoms with Crippen LogP contribution in [-0.2, 0) is 16.1 Å². The molecule has 6 nitrogen and oxygen atoms in total. The molecule has 0 unspecified atom stereocenters. The monoisotopic (exact) mass is 460 g/mol. The molecule has 3 rings (SSSR count). The van der Waals surface area contributed by atoms with Crippen LogP contribution >= 0.6 is 11.6 Å². The zero-order valence-electron chi connectivity index (χ0n) is 17.9. The van der Waals surface area contributed by atoms with E-state index < -0.39 is 11.9 Å². The number of benzene rings is 3. The largest absolute Gasteiger partial charge is 0.489 e. The molecule has 1 N–H and O–H groups in total. The summed E-state index contributed by atoms with van der Waals surface area (Å²) in [5, 5.41) is 12.7. The van der Waals surface area contributed by atoms with E-state index in [4.69, 9.17) is 21.1 Å². The number of esters is 1. The SMILES string of the molecule is CCOC(=O)c1ccc(NC(=O)/C(C#N)=C/c2ccc(OCc3ccccc3Cl)cc2)cc1. The fourth-order valence-corrected chi connectivity index (χ4v) is 3.04. The molecular weight excluding hydrogens is 440 g/mol. The maximum atomic E-state index is 12.5. The Morgan fingerprint density at radius 2 is 1.73 bits per heavy atom. The van der Waals surface area contributed by atoms with Gasteiger partial charge in [-0.1, -0.05) is 41.9 Å². The van der Waals surface area contributed by atoms with Gasteiger partial charge in [-0.15, -0.1) is 0 Å². The van der Waals surface area contributed by atoms with Gasteiger partial charge in [-0.2, -0.15) is 5.26 Å².